The molecule has 3 N–H and O–H groups in total. The van der Waals surface area contributed by atoms with Crippen LogP contribution in [0.2, 0.25) is 5.02 Å². The smallest absolute Gasteiger partial charge is 0.224 e. The first-order chi connectivity index (χ1) is 21.0. The van der Waals surface area contributed by atoms with Crippen LogP contribution in [0.3, 0.4) is 0 Å². The van der Waals surface area contributed by atoms with Gasteiger partial charge in [-0.3, -0.25) is 14.6 Å². The van der Waals surface area contributed by atoms with Crippen molar-refractivity contribution in [2.45, 2.75) is 30.9 Å². The number of ketones is 1. The molecule has 5 aromatic rings. The van der Waals surface area contributed by atoms with Crippen molar-refractivity contribution >= 4 is 34.8 Å². The number of aliphatic hydroxyl groups is 1. The molecule has 0 spiro atoms. The molecule has 0 unspecified atom stereocenters. The van der Waals surface area contributed by atoms with E-state index < -0.39 is 18.1 Å². The quantitative estimate of drug-likeness (QED) is 0.131. The normalized spacial score (nSPS) is 13.0. The van der Waals surface area contributed by atoms with Crippen LogP contribution in [-0.4, -0.2) is 26.8 Å². The Balaban J connectivity index is 1.47. The summed E-state index contributed by atoms with van der Waals surface area (Å²) in [4.78, 5) is 34.9. The lowest BCUT2D eigenvalue weighted by molar-refractivity contribution is -0.116. The molecule has 0 radical (unpaired) electrons. The Hall–Kier alpha value is -4.85. The van der Waals surface area contributed by atoms with E-state index >= 15 is 0 Å². The molecule has 0 bridgehead atoms. The number of nitrogens with one attached hydrogen (secondary N) is 2. The second kappa shape index (κ2) is 14.4. The Bertz CT molecular complexity index is 1630. The molecule has 5 rings (SSSR count). The van der Waals surface area contributed by atoms with Crippen LogP contribution in [0.5, 0.6) is 0 Å². The Morgan fingerprint density at radius 1 is 0.744 bits per heavy atom. The van der Waals surface area contributed by atoms with Gasteiger partial charge in [0.2, 0.25) is 5.91 Å². The predicted molar refractivity (Wildman–Crippen MR) is 169 cm³/mol. The Kier molecular flexibility index (Phi) is 9.90. The fraction of sp³-hybridized carbons (Fsp3) is 0.143. The highest BCUT2D eigenvalue weighted by Gasteiger charge is 2.35. The van der Waals surface area contributed by atoms with E-state index in [-0.39, 0.29) is 24.5 Å². The van der Waals surface area contributed by atoms with Crippen molar-refractivity contribution in [1.82, 2.24) is 9.97 Å². The monoisotopic (exact) mass is 590 g/mol. The molecule has 216 valence electrons. The van der Waals surface area contributed by atoms with Crippen LogP contribution in [0.1, 0.15) is 58.1 Å². The maximum absolute atomic E-state index is 13.2. The van der Waals surface area contributed by atoms with E-state index in [0.717, 1.165) is 11.1 Å². The van der Waals surface area contributed by atoms with E-state index in [1.54, 1.807) is 36.7 Å². The van der Waals surface area contributed by atoms with Crippen molar-refractivity contribution in [2.75, 3.05) is 10.6 Å². The van der Waals surface area contributed by atoms with Crippen molar-refractivity contribution < 1.29 is 14.7 Å². The first-order valence-electron chi connectivity index (χ1n) is 14.0. The molecule has 7 nitrogen and oxygen atoms in total. The molecule has 0 aliphatic rings. The summed E-state index contributed by atoms with van der Waals surface area (Å²) in [5.74, 6) is -0.418. The number of pyridine rings is 2. The number of hydrogen-bond acceptors (Lipinski definition) is 6. The second-order valence-corrected chi connectivity index (χ2v) is 10.5. The Morgan fingerprint density at radius 3 is 2.12 bits per heavy atom. The minimum Gasteiger partial charge on any atom is -0.388 e. The number of Topliss-reactive ketones (excluding diaryl/α,β-unsaturated/α-hetero) is 1. The summed E-state index contributed by atoms with van der Waals surface area (Å²) in [6.45, 7) is 0. The molecular weight excluding hydrogens is 560 g/mol. The highest BCUT2D eigenvalue weighted by atomic mass is 35.5. The van der Waals surface area contributed by atoms with E-state index in [0.29, 0.717) is 27.8 Å². The van der Waals surface area contributed by atoms with Gasteiger partial charge < -0.3 is 15.7 Å². The highest BCUT2D eigenvalue weighted by molar-refractivity contribution is 6.30. The fourth-order valence-electron chi connectivity index (χ4n) is 5.02. The highest BCUT2D eigenvalue weighted by Crippen LogP contribution is 2.43. The van der Waals surface area contributed by atoms with Crippen LogP contribution in [-0.2, 0) is 4.79 Å². The summed E-state index contributed by atoms with van der Waals surface area (Å²) in [5, 5.41) is 18.9. The van der Waals surface area contributed by atoms with Crippen LogP contribution in [0, 0.1) is 0 Å². The maximum atomic E-state index is 13.2. The van der Waals surface area contributed by atoms with E-state index in [1.165, 1.54) is 0 Å². The van der Waals surface area contributed by atoms with Gasteiger partial charge >= 0.3 is 0 Å². The van der Waals surface area contributed by atoms with Gasteiger partial charge in [-0.05, 0) is 65.7 Å². The Labute approximate surface area is 255 Å². The fourth-order valence-corrected chi connectivity index (χ4v) is 5.14. The SMILES string of the molecule is O=C(CCC(=O)c1ccc(Cl)cc1)Nc1ccccc1[C@@H](Nc1ccccn1)[C@H](c1ccccn1)[C@H](O)c1ccccc1. The molecule has 3 atom stereocenters. The average molecular weight is 591 g/mol. The minimum absolute atomic E-state index is 0.00440. The summed E-state index contributed by atoms with van der Waals surface area (Å²) in [6.07, 6.45) is 2.49. The first kappa shape index (κ1) is 29.6. The average Bonchev–Trinajstić information content (AvgIpc) is 3.05. The zero-order chi connectivity index (χ0) is 30.0. The van der Waals surface area contributed by atoms with Crippen LogP contribution in [0.4, 0.5) is 11.5 Å². The summed E-state index contributed by atoms with van der Waals surface area (Å²) in [5.41, 5.74) is 3.19. The topological polar surface area (TPSA) is 104 Å². The van der Waals surface area contributed by atoms with Gasteiger partial charge in [-0.15, -0.1) is 0 Å². The number of aromatic nitrogens is 2. The lowest BCUT2D eigenvalue weighted by Gasteiger charge is -2.33. The summed E-state index contributed by atoms with van der Waals surface area (Å²) >= 11 is 5.94. The van der Waals surface area contributed by atoms with Gasteiger partial charge in [0.15, 0.2) is 5.78 Å². The number of amides is 1. The third-order valence-electron chi connectivity index (χ3n) is 7.15. The summed E-state index contributed by atoms with van der Waals surface area (Å²) in [6, 6.07) is 34.1. The van der Waals surface area contributed by atoms with Gasteiger partial charge in [0.1, 0.15) is 5.82 Å². The van der Waals surface area contributed by atoms with Gasteiger partial charge in [0.25, 0.3) is 0 Å². The van der Waals surface area contributed by atoms with Crippen LogP contribution in [0.25, 0.3) is 0 Å². The summed E-state index contributed by atoms with van der Waals surface area (Å²) in [7, 11) is 0. The number of aliphatic hydroxyl groups excluding tert-OH is 1. The number of carbonyl (C=O) groups is 2. The number of rotatable bonds is 12. The third-order valence-corrected chi connectivity index (χ3v) is 7.41. The third kappa shape index (κ3) is 7.71. The second-order valence-electron chi connectivity index (χ2n) is 10.0. The molecule has 0 saturated heterocycles. The molecule has 1 amide bonds. The number of para-hydroxylation sites is 1. The van der Waals surface area contributed by atoms with E-state index in [9.17, 15) is 14.7 Å². The van der Waals surface area contributed by atoms with E-state index in [1.807, 2.05) is 91.0 Å². The molecule has 0 saturated carbocycles. The molecule has 2 heterocycles. The lowest BCUT2D eigenvalue weighted by Crippen LogP contribution is -2.27. The van der Waals surface area contributed by atoms with Gasteiger partial charge in [-0.25, -0.2) is 4.98 Å². The number of nitrogens with zero attached hydrogens (tertiary/aromatic N) is 2. The standard InChI is InChI=1S/C35H31ClN4O3/c36-26-18-16-24(17-19-26)30(41)20-21-32(42)39-28-13-5-4-12-27(28)34(40-31-15-7-9-23-38-31)33(29-14-6-8-22-37-29)35(43)25-10-2-1-3-11-25/h1-19,22-23,33-35,43H,20-21H2,(H,38,40)(H,39,42)/t33-,34+,35+/m0/s1. The van der Waals surface area contributed by atoms with Crippen molar-refractivity contribution in [3.63, 3.8) is 0 Å². The van der Waals surface area contributed by atoms with Crippen LogP contribution >= 0.6 is 11.6 Å². The van der Waals surface area contributed by atoms with Gasteiger partial charge in [-0.2, -0.15) is 0 Å². The first-order valence-corrected chi connectivity index (χ1v) is 14.4. The molecule has 43 heavy (non-hydrogen) atoms. The Morgan fingerprint density at radius 2 is 1.42 bits per heavy atom. The van der Waals surface area contributed by atoms with Crippen molar-refractivity contribution in [1.29, 1.82) is 0 Å². The largest absolute Gasteiger partial charge is 0.388 e. The van der Waals surface area contributed by atoms with Crippen molar-refractivity contribution in [3.05, 3.63) is 155 Å². The summed E-state index contributed by atoms with van der Waals surface area (Å²) < 4.78 is 0. The van der Waals surface area contributed by atoms with Gasteiger partial charge in [0, 0.05) is 47.2 Å². The number of carbonyl (C=O) groups excluding carboxylic acids is 2. The molecule has 0 aliphatic heterocycles. The van der Waals surface area contributed by atoms with Crippen molar-refractivity contribution in [2.24, 2.45) is 0 Å². The van der Waals surface area contributed by atoms with Gasteiger partial charge in [-0.1, -0.05) is 72.3 Å². The van der Waals surface area contributed by atoms with Crippen LogP contribution < -0.4 is 10.6 Å². The molecule has 8 heteroatoms. The number of benzene rings is 3. The number of halogens is 1. The van der Waals surface area contributed by atoms with Crippen molar-refractivity contribution in [3.8, 4) is 0 Å². The van der Waals surface area contributed by atoms with E-state index in [2.05, 4.69) is 20.6 Å². The zero-order valence-corrected chi connectivity index (χ0v) is 24.1. The van der Waals surface area contributed by atoms with E-state index in [4.69, 9.17) is 11.6 Å². The predicted octanol–water partition coefficient (Wildman–Crippen LogP) is 7.40. The number of anilines is 2. The van der Waals surface area contributed by atoms with Crippen LogP contribution in [0.15, 0.2) is 128 Å². The van der Waals surface area contributed by atoms with Gasteiger partial charge in [0.05, 0.1) is 18.1 Å². The molecule has 2 aromatic heterocycles. The molecule has 3 aromatic carbocycles. The molecule has 0 aliphatic carbocycles. The molecular formula is C35H31ClN4O3. The maximum Gasteiger partial charge on any atom is 0.224 e. The molecule has 0 fully saturated rings. The zero-order valence-electron chi connectivity index (χ0n) is 23.3. The minimum atomic E-state index is -0.946. The lowest BCUT2D eigenvalue weighted by atomic mass is 9.82. The number of hydrogen-bond donors (Lipinski definition) is 3.